The van der Waals surface area contributed by atoms with Gasteiger partial charge in [0, 0.05) is 19.6 Å². The van der Waals surface area contributed by atoms with Crippen molar-refractivity contribution in [2.24, 2.45) is 10.7 Å². The topological polar surface area (TPSA) is 127 Å². The van der Waals surface area contributed by atoms with Crippen LogP contribution in [0.15, 0.2) is 29.3 Å². The highest BCUT2D eigenvalue weighted by molar-refractivity contribution is 14.0. The first-order valence-electron chi connectivity index (χ1n) is 9.68. The Morgan fingerprint density at radius 2 is 1.83 bits per heavy atom. The maximum atomic E-state index is 11.6. The second kappa shape index (κ2) is 14.7. The number of halogens is 1. The number of guanidine groups is 1. The number of nitrogens with one attached hydrogen (secondary N) is 3. The number of hydrogen-bond donors (Lipinski definition) is 4. The minimum absolute atomic E-state index is 0. The number of nitrogens with zero attached hydrogens (tertiary/aromatic N) is 1. The molecule has 0 saturated heterocycles. The molecule has 170 valence electrons. The third kappa shape index (κ3) is 13.9. The van der Waals surface area contributed by atoms with Crippen LogP contribution >= 0.6 is 24.0 Å². The fourth-order valence-electron chi connectivity index (χ4n) is 2.20. The van der Waals surface area contributed by atoms with Gasteiger partial charge in [-0.05, 0) is 51.8 Å². The summed E-state index contributed by atoms with van der Waals surface area (Å²) < 4.78 is 10.5. The largest absolute Gasteiger partial charge is 0.484 e. The molecule has 0 aromatic heterocycles. The number of aliphatic imine (C=N–C) groups is 1. The summed E-state index contributed by atoms with van der Waals surface area (Å²) >= 11 is 0. The minimum Gasteiger partial charge on any atom is -0.484 e. The fraction of sp³-hybridized carbons (Fsp3) is 0.550. The van der Waals surface area contributed by atoms with Gasteiger partial charge in [0.05, 0.1) is 6.54 Å². The summed E-state index contributed by atoms with van der Waals surface area (Å²) in [5.74, 6) is 0.726. The zero-order valence-corrected chi connectivity index (χ0v) is 20.4. The normalized spacial score (nSPS) is 11.1. The number of nitrogens with two attached hydrogens (primary N) is 1. The molecule has 0 aliphatic rings. The van der Waals surface area contributed by atoms with Gasteiger partial charge in [0.15, 0.2) is 12.6 Å². The Morgan fingerprint density at radius 3 is 2.47 bits per heavy atom. The highest BCUT2D eigenvalue weighted by atomic mass is 127. The number of carbonyl (C=O) groups excluding carboxylic acids is 2. The standard InChI is InChI=1S/C20H33N5O4.HI/c1-5-22-18(23-10-7-11-24-19(27)29-20(2,3)4)25-13-15-8-6-9-16(12-15)28-14-17(21)26;/h6,8-9,12H,5,7,10-11,13-14H2,1-4H3,(H2,21,26)(H,24,27)(H2,22,23,25);1H. The predicted molar refractivity (Wildman–Crippen MR) is 128 cm³/mol. The van der Waals surface area contributed by atoms with Crippen molar-refractivity contribution in [3.63, 3.8) is 0 Å². The lowest BCUT2D eigenvalue weighted by Crippen LogP contribution is -2.39. The summed E-state index contributed by atoms with van der Waals surface area (Å²) in [7, 11) is 0. The van der Waals surface area contributed by atoms with Crippen molar-refractivity contribution < 1.29 is 19.1 Å². The number of benzene rings is 1. The van der Waals surface area contributed by atoms with Gasteiger partial charge in [-0.1, -0.05) is 12.1 Å². The minimum atomic E-state index is -0.520. The number of alkyl carbamates (subject to hydrolysis) is 1. The van der Waals surface area contributed by atoms with Crippen LogP contribution in [0.4, 0.5) is 4.79 Å². The molecule has 5 N–H and O–H groups in total. The first-order chi connectivity index (χ1) is 13.7. The van der Waals surface area contributed by atoms with Crippen molar-refractivity contribution in [1.29, 1.82) is 0 Å². The van der Waals surface area contributed by atoms with Gasteiger partial charge in [0.2, 0.25) is 0 Å². The zero-order valence-electron chi connectivity index (χ0n) is 18.1. The summed E-state index contributed by atoms with van der Waals surface area (Å²) in [5, 5.41) is 9.12. The van der Waals surface area contributed by atoms with Gasteiger partial charge in [0.1, 0.15) is 11.4 Å². The van der Waals surface area contributed by atoms with Crippen molar-refractivity contribution in [3.8, 4) is 5.75 Å². The van der Waals surface area contributed by atoms with Crippen LogP contribution in [0.2, 0.25) is 0 Å². The van der Waals surface area contributed by atoms with Crippen molar-refractivity contribution >= 4 is 41.9 Å². The van der Waals surface area contributed by atoms with Crippen LogP contribution in [0.3, 0.4) is 0 Å². The maximum Gasteiger partial charge on any atom is 0.407 e. The number of hydrogen-bond acceptors (Lipinski definition) is 5. The van der Waals surface area contributed by atoms with Crippen LogP contribution in [0, 0.1) is 0 Å². The number of rotatable bonds is 10. The molecule has 0 aliphatic carbocycles. The summed E-state index contributed by atoms with van der Waals surface area (Å²) in [6.07, 6.45) is 0.302. The third-order valence-corrected chi connectivity index (χ3v) is 3.36. The second-order valence-corrected chi connectivity index (χ2v) is 7.31. The Kier molecular flexibility index (Phi) is 13.6. The van der Waals surface area contributed by atoms with Gasteiger partial charge in [-0.2, -0.15) is 0 Å². The van der Waals surface area contributed by atoms with Gasteiger partial charge in [-0.3, -0.25) is 4.79 Å². The lowest BCUT2D eigenvalue weighted by Gasteiger charge is -2.19. The summed E-state index contributed by atoms with van der Waals surface area (Å²) in [6, 6.07) is 7.34. The van der Waals surface area contributed by atoms with E-state index >= 15 is 0 Å². The van der Waals surface area contributed by atoms with E-state index in [0.29, 0.717) is 31.3 Å². The van der Waals surface area contributed by atoms with Crippen LogP contribution in [0.5, 0.6) is 5.75 Å². The van der Waals surface area contributed by atoms with E-state index in [1.54, 1.807) is 6.07 Å². The molecule has 10 heteroatoms. The molecule has 0 heterocycles. The molecule has 2 amide bonds. The molecular formula is C20H34IN5O4. The molecule has 1 aromatic carbocycles. The molecule has 0 atom stereocenters. The van der Waals surface area contributed by atoms with Crippen LogP contribution in [-0.2, 0) is 16.1 Å². The highest BCUT2D eigenvalue weighted by Crippen LogP contribution is 2.14. The van der Waals surface area contributed by atoms with E-state index in [2.05, 4.69) is 20.9 Å². The van der Waals surface area contributed by atoms with Crippen molar-refractivity contribution in [2.75, 3.05) is 26.2 Å². The van der Waals surface area contributed by atoms with E-state index in [9.17, 15) is 9.59 Å². The maximum absolute atomic E-state index is 11.6. The summed E-state index contributed by atoms with van der Waals surface area (Å²) in [4.78, 5) is 27.0. The predicted octanol–water partition coefficient (Wildman–Crippen LogP) is 2.14. The van der Waals surface area contributed by atoms with Crippen LogP contribution in [0.25, 0.3) is 0 Å². The van der Waals surface area contributed by atoms with Crippen molar-refractivity contribution in [3.05, 3.63) is 29.8 Å². The molecular weight excluding hydrogens is 501 g/mol. The van der Waals surface area contributed by atoms with Crippen LogP contribution < -0.4 is 26.4 Å². The molecule has 0 unspecified atom stereocenters. The molecule has 0 spiro atoms. The first kappa shape index (κ1) is 27.8. The van der Waals surface area contributed by atoms with E-state index in [1.165, 1.54) is 0 Å². The second-order valence-electron chi connectivity index (χ2n) is 7.31. The quantitative estimate of drug-likeness (QED) is 0.157. The Hall–Kier alpha value is -2.24. The Labute approximate surface area is 195 Å². The van der Waals surface area contributed by atoms with E-state index in [4.69, 9.17) is 15.2 Å². The Morgan fingerprint density at radius 1 is 1.13 bits per heavy atom. The highest BCUT2D eigenvalue weighted by Gasteiger charge is 2.15. The van der Waals surface area contributed by atoms with Crippen molar-refractivity contribution in [1.82, 2.24) is 16.0 Å². The summed E-state index contributed by atoms with van der Waals surface area (Å²) in [5.41, 5.74) is 5.52. The van der Waals surface area contributed by atoms with Gasteiger partial charge in [0.25, 0.3) is 5.91 Å². The zero-order chi connectivity index (χ0) is 21.7. The Bertz CT molecular complexity index is 692. The first-order valence-corrected chi connectivity index (χ1v) is 9.68. The lowest BCUT2D eigenvalue weighted by atomic mass is 10.2. The molecule has 9 nitrogen and oxygen atoms in total. The number of primary amides is 1. The van der Waals surface area contributed by atoms with Crippen molar-refractivity contribution in [2.45, 2.75) is 46.3 Å². The monoisotopic (exact) mass is 535 g/mol. The van der Waals surface area contributed by atoms with E-state index in [0.717, 1.165) is 18.5 Å². The third-order valence-electron chi connectivity index (χ3n) is 3.36. The molecule has 0 radical (unpaired) electrons. The Balaban J connectivity index is 0.00000841. The smallest absolute Gasteiger partial charge is 0.407 e. The molecule has 0 saturated carbocycles. The molecule has 0 fully saturated rings. The van der Waals surface area contributed by atoms with Gasteiger partial charge in [-0.25, -0.2) is 9.79 Å². The van der Waals surface area contributed by atoms with Crippen LogP contribution in [-0.4, -0.2) is 49.8 Å². The number of carbonyl (C=O) groups is 2. The number of amides is 2. The van der Waals surface area contributed by atoms with E-state index in [-0.39, 0.29) is 30.6 Å². The fourth-order valence-corrected chi connectivity index (χ4v) is 2.20. The van der Waals surface area contributed by atoms with E-state index in [1.807, 2.05) is 45.9 Å². The average molecular weight is 535 g/mol. The average Bonchev–Trinajstić information content (AvgIpc) is 2.63. The van der Waals surface area contributed by atoms with E-state index < -0.39 is 17.6 Å². The van der Waals surface area contributed by atoms with Gasteiger partial charge < -0.3 is 31.2 Å². The molecule has 30 heavy (non-hydrogen) atoms. The molecule has 1 aromatic rings. The lowest BCUT2D eigenvalue weighted by molar-refractivity contribution is -0.119. The molecule has 0 bridgehead atoms. The molecule has 0 aliphatic heterocycles. The summed E-state index contributed by atoms with van der Waals surface area (Å²) in [6.45, 7) is 9.62. The SMILES string of the molecule is CCNC(=NCc1cccc(OCC(N)=O)c1)NCCCNC(=O)OC(C)(C)C.I. The van der Waals surface area contributed by atoms with Crippen LogP contribution in [0.1, 0.15) is 39.7 Å². The molecule has 1 rings (SSSR count). The van der Waals surface area contributed by atoms with Gasteiger partial charge >= 0.3 is 6.09 Å². The number of ether oxygens (including phenoxy) is 2. The van der Waals surface area contributed by atoms with Gasteiger partial charge in [-0.15, -0.1) is 24.0 Å².